The van der Waals surface area contributed by atoms with Crippen molar-refractivity contribution in [1.29, 1.82) is 0 Å². The average Bonchev–Trinajstić information content (AvgIpc) is 2.55. The van der Waals surface area contributed by atoms with Gasteiger partial charge in [0, 0.05) is 0 Å². The Kier molecular flexibility index (Phi) is 5.65. The molecule has 2 aromatic carbocycles. The SMILES string of the molecule is CCC(C)c1cc(Cc2ccccc2)cc(C(C)CC)c1O. The fourth-order valence-corrected chi connectivity index (χ4v) is 2.87. The first kappa shape index (κ1) is 16.6. The number of benzene rings is 2. The molecule has 1 heteroatoms. The summed E-state index contributed by atoms with van der Waals surface area (Å²) in [4.78, 5) is 0. The summed E-state index contributed by atoms with van der Waals surface area (Å²) in [6.45, 7) is 8.75. The van der Waals surface area contributed by atoms with Gasteiger partial charge in [0.05, 0.1) is 0 Å². The highest BCUT2D eigenvalue weighted by Crippen LogP contribution is 2.37. The highest BCUT2D eigenvalue weighted by molar-refractivity contribution is 5.48. The van der Waals surface area contributed by atoms with Gasteiger partial charge in [0.1, 0.15) is 5.75 Å². The number of phenols is 1. The van der Waals surface area contributed by atoms with E-state index in [1.54, 1.807) is 0 Å². The van der Waals surface area contributed by atoms with E-state index in [4.69, 9.17) is 0 Å². The van der Waals surface area contributed by atoms with Gasteiger partial charge in [-0.25, -0.2) is 0 Å². The second-order valence-corrected chi connectivity index (χ2v) is 6.40. The number of phenolic OH excluding ortho intramolecular Hbond substituents is 1. The Bertz CT molecular complexity index is 570. The van der Waals surface area contributed by atoms with Crippen molar-refractivity contribution in [2.75, 3.05) is 0 Å². The van der Waals surface area contributed by atoms with Crippen LogP contribution >= 0.6 is 0 Å². The van der Waals surface area contributed by atoms with Crippen molar-refractivity contribution >= 4 is 0 Å². The monoisotopic (exact) mass is 296 g/mol. The Morgan fingerprint density at radius 2 is 1.32 bits per heavy atom. The molecule has 118 valence electrons. The van der Waals surface area contributed by atoms with Gasteiger partial charge in [-0.15, -0.1) is 0 Å². The number of rotatable bonds is 6. The van der Waals surface area contributed by atoms with E-state index in [0.717, 1.165) is 30.4 Å². The van der Waals surface area contributed by atoms with Crippen LogP contribution in [0.3, 0.4) is 0 Å². The minimum Gasteiger partial charge on any atom is -0.507 e. The zero-order valence-corrected chi connectivity index (χ0v) is 14.3. The summed E-state index contributed by atoms with van der Waals surface area (Å²) in [6.07, 6.45) is 3.01. The van der Waals surface area contributed by atoms with E-state index in [0.29, 0.717) is 17.6 Å². The molecule has 0 spiro atoms. The Morgan fingerprint density at radius 1 is 0.818 bits per heavy atom. The number of hydrogen-bond acceptors (Lipinski definition) is 1. The minimum atomic E-state index is 0.388. The Balaban J connectivity index is 2.45. The van der Waals surface area contributed by atoms with Gasteiger partial charge in [0.25, 0.3) is 0 Å². The van der Waals surface area contributed by atoms with Crippen molar-refractivity contribution in [3.8, 4) is 5.75 Å². The van der Waals surface area contributed by atoms with E-state index in [9.17, 15) is 5.11 Å². The first-order chi connectivity index (χ1) is 10.6. The van der Waals surface area contributed by atoms with E-state index in [-0.39, 0.29) is 0 Å². The van der Waals surface area contributed by atoms with E-state index in [1.807, 2.05) is 0 Å². The zero-order chi connectivity index (χ0) is 16.1. The highest BCUT2D eigenvalue weighted by atomic mass is 16.3. The lowest BCUT2D eigenvalue weighted by Crippen LogP contribution is -2.02. The summed E-state index contributed by atoms with van der Waals surface area (Å²) in [5, 5.41) is 10.7. The standard InChI is InChI=1S/C21H28O/c1-5-15(3)19-13-18(12-17-10-8-7-9-11-17)14-20(21(19)22)16(4)6-2/h7-11,13-16,22H,5-6,12H2,1-4H3. The molecule has 2 unspecified atom stereocenters. The molecule has 0 aliphatic carbocycles. The third-order valence-electron chi connectivity index (χ3n) is 4.77. The average molecular weight is 296 g/mol. The third kappa shape index (κ3) is 3.71. The van der Waals surface area contributed by atoms with Gasteiger partial charge in [-0.3, -0.25) is 0 Å². The van der Waals surface area contributed by atoms with Gasteiger partial charge in [0.15, 0.2) is 0 Å². The quantitative estimate of drug-likeness (QED) is 0.692. The summed E-state index contributed by atoms with van der Waals surface area (Å²) in [5.74, 6) is 1.29. The fraction of sp³-hybridized carbons (Fsp3) is 0.429. The van der Waals surface area contributed by atoms with Crippen LogP contribution in [0.1, 0.15) is 74.6 Å². The summed E-state index contributed by atoms with van der Waals surface area (Å²) in [5.41, 5.74) is 4.82. The second kappa shape index (κ2) is 7.49. The van der Waals surface area contributed by atoms with Crippen molar-refractivity contribution in [2.24, 2.45) is 0 Å². The van der Waals surface area contributed by atoms with Crippen LogP contribution in [0, 0.1) is 0 Å². The largest absolute Gasteiger partial charge is 0.507 e. The highest BCUT2D eigenvalue weighted by Gasteiger charge is 2.17. The molecule has 0 saturated carbocycles. The molecule has 0 bridgehead atoms. The normalized spacial score (nSPS) is 13.8. The van der Waals surface area contributed by atoms with Gasteiger partial charge in [-0.05, 0) is 53.4 Å². The van der Waals surface area contributed by atoms with Crippen LogP contribution in [0.4, 0.5) is 0 Å². The molecule has 0 fully saturated rings. The van der Waals surface area contributed by atoms with E-state index < -0.39 is 0 Å². The Hall–Kier alpha value is -1.76. The van der Waals surface area contributed by atoms with E-state index in [1.165, 1.54) is 11.1 Å². The fourth-order valence-electron chi connectivity index (χ4n) is 2.87. The lowest BCUT2D eigenvalue weighted by atomic mass is 9.87. The Morgan fingerprint density at radius 3 is 1.77 bits per heavy atom. The molecule has 0 aliphatic rings. The molecule has 0 saturated heterocycles. The molecule has 0 amide bonds. The molecule has 0 radical (unpaired) electrons. The van der Waals surface area contributed by atoms with Crippen LogP contribution in [-0.4, -0.2) is 5.11 Å². The van der Waals surface area contributed by atoms with Crippen molar-refractivity contribution in [1.82, 2.24) is 0 Å². The molecule has 1 N–H and O–H groups in total. The summed E-state index contributed by atoms with van der Waals surface area (Å²) in [6, 6.07) is 14.9. The molecule has 22 heavy (non-hydrogen) atoms. The van der Waals surface area contributed by atoms with Crippen molar-refractivity contribution in [3.05, 3.63) is 64.7 Å². The van der Waals surface area contributed by atoms with Gasteiger partial charge in [-0.1, -0.05) is 70.2 Å². The summed E-state index contributed by atoms with van der Waals surface area (Å²) < 4.78 is 0. The predicted molar refractivity (Wildman–Crippen MR) is 94.8 cm³/mol. The lowest BCUT2D eigenvalue weighted by Gasteiger charge is -2.20. The molecule has 0 heterocycles. The topological polar surface area (TPSA) is 20.2 Å². The molecule has 1 nitrogen and oxygen atoms in total. The predicted octanol–water partition coefficient (Wildman–Crippen LogP) is 6.01. The maximum absolute atomic E-state index is 10.7. The zero-order valence-electron chi connectivity index (χ0n) is 14.3. The third-order valence-corrected chi connectivity index (χ3v) is 4.77. The van der Waals surface area contributed by atoms with E-state index >= 15 is 0 Å². The first-order valence-electron chi connectivity index (χ1n) is 8.46. The maximum Gasteiger partial charge on any atom is 0.122 e. The van der Waals surface area contributed by atoms with Crippen LogP contribution in [0.5, 0.6) is 5.75 Å². The van der Waals surface area contributed by atoms with E-state index in [2.05, 4.69) is 70.2 Å². The van der Waals surface area contributed by atoms with Gasteiger partial charge < -0.3 is 5.11 Å². The lowest BCUT2D eigenvalue weighted by molar-refractivity contribution is 0.448. The molecule has 2 aromatic rings. The van der Waals surface area contributed by atoms with Crippen LogP contribution in [0.2, 0.25) is 0 Å². The van der Waals surface area contributed by atoms with Crippen molar-refractivity contribution in [2.45, 2.75) is 58.8 Å². The van der Waals surface area contributed by atoms with Crippen LogP contribution < -0.4 is 0 Å². The molecule has 2 atom stereocenters. The molecule has 0 aliphatic heterocycles. The molecular formula is C21H28O. The van der Waals surface area contributed by atoms with Gasteiger partial charge >= 0.3 is 0 Å². The first-order valence-corrected chi connectivity index (χ1v) is 8.46. The number of aromatic hydroxyl groups is 1. The number of hydrogen-bond donors (Lipinski definition) is 1. The summed E-state index contributed by atoms with van der Waals surface area (Å²) >= 11 is 0. The minimum absolute atomic E-state index is 0.388. The molecule has 2 rings (SSSR count). The molecule has 0 aromatic heterocycles. The van der Waals surface area contributed by atoms with Gasteiger partial charge in [-0.2, -0.15) is 0 Å². The summed E-state index contributed by atoms with van der Waals surface area (Å²) in [7, 11) is 0. The van der Waals surface area contributed by atoms with Crippen molar-refractivity contribution < 1.29 is 5.11 Å². The second-order valence-electron chi connectivity index (χ2n) is 6.40. The van der Waals surface area contributed by atoms with Crippen LogP contribution in [-0.2, 0) is 6.42 Å². The molecular weight excluding hydrogens is 268 g/mol. The van der Waals surface area contributed by atoms with Crippen LogP contribution in [0.15, 0.2) is 42.5 Å². The van der Waals surface area contributed by atoms with Gasteiger partial charge in [0.2, 0.25) is 0 Å². The maximum atomic E-state index is 10.7. The Labute approximate surface area is 135 Å². The smallest absolute Gasteiger partial charge is 0.122 e. The van der Waals surface area contributed by atoms with Crippen molar-refractivity contribution in [3.63, 3.8) is 0 Å². The van der Waals surface area contributed by atoms with Crippen LogP contribution in [0.25, 0.3) is 0 Å².